The van der Waals surface area contributed by atoms with Gasteiger partial charge in [0.1, 0.15) is 5.82 Å². The van der Waals surface area contributed by atoms with E-state index in [0.29, 0.717) is 18.5 Å². The van der Waals surface area contributed by atoms with Crippen LogP contribution in [-0.4, -0.2) is 5.91 Å². The molecule has 0 atom stereocenters. The van der Waals surface area contributed by atoms with Gasteiger partial charge in [-0.15, -0.1) is 0 Å². The first-order chi connectivity index (χ1) is 10.1. The molecule has 0 unspecified atom stereocenters. The van der Waals surface area contributed by atoms with E-state index in [9.17, 15) is 9.18 Å². The zero-order valence-electron chi connectivity index (χ0n) is 11.5. The van der Waals surface area contributed by atoms with Crippen molar-refractivity contribution in [3.8, 4) is 0 Å². The Hall–Kier alpha value is -1.43. The van der Waals surface area contributed by atoms with Crippen LogP contribution in [0.1, 0.15) is 24.0 Å². The van der Waals surface area contributed by atoms with Crippen LogP contribution in [0.25, 0.3) is 0 Å². The number of carbonyl (C=O) groups is 1. The molecule has 0 fully saturated rings. The highest BCUT2D eigenvalue weighted by Gasteiger charge is 2.23. The fourth-order valence-electron chi connectivity index (χ4n) is 2.69. The van der Waals surface area contributed by atoms with E-state index in [1.807, 2.05) is 12.1 Å². The number of hydrogen-bond donors (Lipinski definition) is 0. The van der Waals surface area contributed by atoms with Crippen molar-refractivity contribution in [3.05, 3.63) is 63.0 Å². The Balaban J connectivity index is 2.00. The number of rotatable bonds is 2. The van der Waals surface area contributed by atoms with Crippen molar-refractivity contribution in [2.24, 2.45) is 0 Å². The first-order valence-electron chi connectivity index (χ1n) is 6.97. The Bertz CT molecular complexity index is 686. The highest BCUT2D eigenvalue weighted by Crippen LogP contribution is 2.30. The summed E-state index contributed by atoms with van der Waals surface area (Å²) >= 11 is 2.28. The average molecular weight is 395 g/mol. The maximum absolute atomic E-state index is 13.9. The Labute approximate surface area is 137 Å². The van der Waals surface area contributed by atoms with Crippen molar-refractivity contribution >= 4 is 34.2 Å². The lowest BCUT2D eigenvalue weighted by molar-refractivity contribution is -0.118. The molecule has 1 amide bonds. The van der Waals surface area contributed by atoms with Crippen molar-refractivity contribution < 1.29 is 9.18 Å². The minimum Gasteiger partial charge on any atom is -0.308 e. The number of hydrogen-bond acceptors (Lipinski definition) is 1. The van der Waals surface area contributed by atoms with Gasteiger partial charge in [0.15, 0.2) is 0 Å². The third-order valence-electron chi connectivity index (χ3n) is 3.76. The second kappa shape index (κ2) is 6.13. The molecule has 0 aromatic heterocycles. The highest BCUT2D eigenvalue weighted by atomic mass is 127. The summed E-state index contributed by atoms with van der Waals surface area (Å²) in [5.74, 6) is -0.195. The van der Waals surface area contributed by atoms with Gasteiger partial charge in [-0.25, -0.2) is 4.39 Å². The molecule has 0 saturated heterocycles. The van der Waals surface area contributed by atoms with Crippen LogP contribution >= 0.6 is 22.6 Å². The number of fused-ring (bicyclic) bond motifs is 1. The number of benzene rings is 2. The second-order valence-electron chi connectivity index (χ2n) is 5.20. The van der Waals surface area contributed by atoms with Gasteiger partial charge in [0.05, 0.1) is 6.54 Å². The Morgan fingerprint density at radius 1 is 1.14 bits per heavy atom. The molecule has 2 aromatic rings. The molecule has 1 aliphatic rings. The normalized spacial score (nSPS) is 14.8. The zero-order chi connectivity index (χ0) is 14.8. The first-order valence-corrected chi connectivity index (χ1v) is 8.05. The van der Waals surface area contributed by atoms with Crippen LogP contribution in [0.4, 0.5) is 10.1 Å². The molecule has 1 heterocycles. The predicted molar refractivity (Wildman–Crippen MR) is 89.7 cm³/mol. The summed E-state index contributed by atoms with van der Waals surface area (Å²) in [4.78, 5) is 14.1. The molecule has 0 bridgehead atoms. The fraction of sp³-hybridized carbons (Fsp3) is 0.235. The molecule has 21 heavy (non-hydrogen) atoms. The predicted octanol–water partition coefficient (Wildman–Crippen LogP) is 4.30. The Kier molecular flexibility index (Phi) is 4.24. The quantitative estimate of drug-likeness (QED) is 0.695. The lowest BCUT2D eigenvalue weighted by atomic mass is 10.1. The van der Waals surface area contributed by atoms with E-state index in [-0.39, 0.29) is 11.7 Å². The molecule has 0 aliphatic carbocycles. The van der Waals surface area contributed by atoms with E-state index < -0.39 is 0 Å². The van der Waals surface area contributed by atoms with Gasteiger partial charge in [0, 0.05) is 21.2 Å². The van der Waals surface area contributed by atoms with Crippen molar-refractivity contribution in [3.63, 3.8) is 0 Å². The van der Waals surface area contributed by atoms with E-state index in [1.165, 1.54) is 11.6 Å². The van der Waals surface area contributed by atoms with Gasteiger partial charge in [-0.05, 0) is 65.3 Å². The topological polar surface area (TPSA) is 20.3 Å². The number of halogens is 2. The minimum absolute atomic E-state index is 0.0678. The summed E-state index contributed by atoms with van der Waals surface area (Å²) in [5.41, 5.74) is 2.64. The summed E-state index contributed by atoms with van der Waals surface area (Å²) in [6.45, 7) is 0.291. The zero-order valence-corrected chi connectivity index (χ0v) is 13.6. The van der Waals surface area contributed by atoms with E-state index >= 15 is 0 Å². The maximum Gasteiger partial charge on any atom is 0.227 e. The summed E-state index contributed by atoms with van der Waals surface area (Å²) in [6.07, 6.45) is 2.26. The van der Waals surface area contributed by atoms with Gasteiger partial charge in [0.2, 0.25) is 5.91 Å². The molecule has 0 spiro atoms. The van der Waals surface area contributed by atoms with Crippen molar-refractivity contribution in [1.82, 2.24) is 0 Å². The second-order valence-corrected chi connectivity index (χ2v) is 6.44. The van der Waals surface area contributed by atoms with Crippen LogP contribution < -0.4 is 4.90 Å². The van der Waals surface area contributed by atoms with E-state index in [0.717, 1.165) is 22.1 Å². The van der Waals surface area contributed by atoms with E-state index in [1.54, 1.807) is 23.1 Å². The molecule has 0 saturated carbocycles. The largest absolute Gasteiger partial charge is 0.308 e. The van der Waals surface area contributed by atoms with Gasteiger partial charge in [-0.3, -0.25) is 4.79 Å². The SMILES string of the molecule is O=C1CCCc2cc(I)ccc2N1Cc1ccccc1F. The molecule has 108 valence electrons. The lowest BCUT2D eigenvalue weighted by Gasteiger charge is -2.23. The molecule has 2 aromatic carbocycles. The third-order valence-corrected chi connectivity index (χ3v) is 4.43. The molecular weight excluding hydrogens is 380 g/mol. The number of amides is 1. The van der Waals surface area contributed by atoms with Crippen LogP contribution in [-0.2, 0) is 17.8 Å². The van der Waals surface area contributed by atoms with Gasteiger partial charge in [-0.2, -0.15) is 0 Å². The third kappa shape index (κ3) is 3.10. The molecular formula is C17H15FINO. The van der Waals surface area contributed by atoms with Crippen molar-refractivity contribution in [2.45, 2.75) is 25.8 Å². The lowest BCUT2D eigenvalue weighted by Crippen LogP contribution is -2.30. The smallest absolute Gasteiger partial charge is 0.227 e. The summed E-state index contributed by atoms with van der Waals surface area (Å²) < 4.78 is 15.0. The Morgan fingerprint density at radius 2 is 1.95 bits per heavy atom. The van der Waals surface area contributed by atoms with Crippen molar-refractivity contribution in [1.29, 1.82) is 0 Å². The van der Waals surface area contributed by atoms with Gasteiger partial charge in [-0.1, -0.05) is 18.2 Å². The minimum atomic E-state index is -0.262. The van der Waals surface area contributed by atoms with Crippen LogP contribution in [0, 0.1) is 9.39 Å². The highest BCUT2D eigenvalue weighted by molar-refractivity contribution is 14.1. The molecule has 1 aliphatic heterocycles. The standard InChI is InChI=1S/C17H15FINO/c18-15-6-2-1-4-13(15)11-20-16-9-8-14(19)10-12(16)5-3-7-17(20)21/h1-2,4,6,8-10H,3,5,7,11H2. The van der Waals surface area contributed by atoms with Crippen LogP contribution in [0.15, 0.2) is 42.5 Å². The van der Waals surface area contributed by atoms with Gasteiger partial charge >= 0.3 is 0 Å². The molecule has 0 N–H and O–H groups in total. The molecule has 3 rings (SSSR count). The van der Waals surface area contributed by atoms with Crippen LogP contribution in [0.3, 0.4) is 0 Å². The summed E-state index contributed by atoms with van der Waals surface area (Å²) in [6, 6.07) is 12.7. The number of nitrogens with zero attached hydrogens (tertiary/aromatic N) is 1. The maximum atomic E-state index is 13.9. The van der Waals surface area contributed by atoms with E-state index in [2.05, 4.69) is 28.7 Å². The number of anilines is 1. The number of carbonyl (C=O) groups excluding carboxylic acids is 1. The first kappa shape index (κ1) is 14.5. The van der Waals surface area contributed by atoms with Gasteiger partial charge < -0.3 is 4.90 Å². The van der Waals surface area contributed by atoms with Gasteiger partial charge in [0.25, 0.3) is 0 Å². The number of aryl methyl sites for hydroxylation is 1. The molecule has 2 nitrogen and oxygen atoms in total. The average Bonchev–Trinajstić information content (AvgIpc) is 2.61. The van der Waals surface area contributed by atoms with E-state index in [4.69, 9.17) is 0 Å². The fourth-order valence-corrected chi connectivity index (χ4v) is 3.24. The van der Waals surface area contributed by atoms with Crippen molar-refractivity contribution in [2.75, 3.05) is 4.90 Å². The molecule has 0 radical (unpaired) electrons. The summed E-state index contributed by atoms with van der Waals surface area (Å²) in [5, 5.41) is 0. The van der Waals surface area contributed by atoms with Crippen LogP contribution in [0.5, 0.6) is 0 Å². The Morgan fingerprint density at radius 3 is 2.76 bits per heavy atom. The molecule has 4 heteroatoms. The summed E-state index contributed by atoms with van der Waals surface area (Å²) in [7, 11) is 0. The van der Waals surface area contributed by atoms with Crippen LogP contribution in [0.2, 0.25) is 0 Å². The monoisotopic (exact) mass is 395 g/mol.